The summed E-state index contributed by atoms with van der Waals surface area (Å²) in [6, 6.07) is -0.667. The predicted molar refractivity (Wildman–Crippen MR) is 58.7 cm³/mol. The van der Waals surface area contributed by atoms with Gasteiger partial charge in [0.15, 0.2) is 0 Å². The molecule has 0 aromatic heterocycles. The SMILES string of the molecule is C=C(C)OP(C)(=O)N[C@@H](C)C(=O)OCC. The monoisotopic (exact) mass is 235 g/mol. The molecule has 88 valence electrons. The van der Waals surface area contributed by atoms with Crippen molar-refractivity contribution in [3.63, 3.8) is 0 Å². The summed E-state index contributed by atoms with van der Waals surface area (Å²) in [7, 11) is -3.03. The molecule has 0 aromatic rings. The van der Waals surface area contributed by atoms with Crippen LogP contribution in [-0.2, 0) is 18.6 Å². The van der Waals surface area contributed by atoms with Gasteiger partial charge in [0.05, 0.1) is 12.4 Å². The van der Waals surface area contributed by atoms with Gasteiger partial charge in [0, 0.05) is 6.66 Å². The maximum Gasteiger partial charge on any atom is 0.323 e. The summed E-state index contributed by atoms with van der Waals surface area (Å²) in [5.74, 6) is -0.116. The van der Waals surface area contributed by atoms with E-state index in [1.165, 1.54) is 6.66 Å². The largest absolute Gasteiger partial charge is 0.465 e. The fourth-order valence-electron chi connectivity index (χ4n) is 0.995. The van der Waals surface area contributed by atoms with E-state index in [9.17, 15) is 9.36 Å². The first-order valence-corrected chi connectivity index (χ1v) is 6.72. The van der Waals surface area contributed by atoms with E-state index in [1.54, 1.807) is 20.8 Å². The first kappa shape index (κ1) is 14.2. The molecule has 0 aliphatic rings. The molecule has 0 saturated carbocycles. The minimum atomic E-state index is -3.03. The van der Waals surface area contributed by atoms with Crippen molar-refractivity contribution in [3.8, 4) is 0 Å². The Labute approximate surface area is 90.3 Å². The van der Waals surface area contributed by atoms with E-state index in [4.69, 9.17) is 9.26 Å². The van der Waals surface area contributed by atoms with Crippen molar-refractivity contribution < 1.29 is 18.6 Å². The van der Waals surface area contributed by atoms with Gasteiger partial charge >= 0.3 is 13.5 Å². The average molecular weight is 235 g/mol. The molecule has 0 aliphatic carbocycles. The molecule has 15 heavy (non-hydrogen) atoms. The van der Waals surface area contributed by atoms with Gasteiger partial charge in [0.2, 0.25) is 0 Å². The first-order valence-electron chi connectivity index (χ1n) is 4.65. The molecule has 0 bridgehead atoms. The van der Waals surface area contributed by atoms with Crippen molar-refractivity contribution in [2.45, 2.75) is 26.8 Å². The van der Waals surface area contributed by atoms with Gasteiger partial charge in [-0.1, -0.05) is 6.58 Å². The van der Waals surface area contributed by atoms with Crippen LogP contribution in [0.2, 0.25) is 0 Å². The molecule has 5 nitrogen and oxygen atoms in total. The molecular formula is C9H18NO4P. The number of hydrogen-bond acceptors (Lipinski definition) is 4. The molecule has 0 aromatic carbocycles. The highest BCUT2D eigenvalue weighted by molar-refractivity contribution is 7.56. The van der Waals surface area contributed by atoms with Crippen molar-refractivity contribution in [2.75, 3.05) is 13.3 Å². The second-order valence-electron chi connectivity index (χ2n) is 3.24. The fourth-order valence-corrected chi connectivity index (χ4v) is 2.45. The van der Waals surface area contributed by atoms with Crippen molar-refractivity contribution in [1.82, 2.24) is 5.09 Å². The van der Waals surface area contributed by atoms with Gasteiger partial charge in [-0.05, 0) is 20.8 Å². The summed E-state index contributed by atoms with van der Waals surface area (Å²) in [6.07, 6.45) is 0. The lowest BCUT2D eigenvalue weighted by molar-refractivity contribution is -0.144. The van der Waals surface area contributed by atoms with Gasteiger partial charge in [-0.3, -0.25) is 9.36 Å². The van der Waals surface area contributed by atoms with Crippen molar-refractivity contribution in [2.24, 2.45) is 0 Å². The Morgan fingerprint density at radius 1 is 1.60 bits per heavy atom. The van der Waals surface area contributed by atoms with E-state index in [0.717, 1.165) is 0 Å². The molecule has 0 rings (SSSR count). The number of ether oxygens (including phenoxy) is 1. The van der Waals surface area contributed by atoms with E-state index in [-0.39, 0.29) is 0 Å². The lowest BCUT2D eigenvalue weighted by Gasteiger charge is -2.19. The Bertz CT molecular complexity index is 290. The van der Waals surface area contributed by atoms with Crippen LogP contribution in [-0.4, -0.2) is 25.3 Å². The maximum atomic E-state index is 11.7. The fraction of sp³-hybridized carbons (Fsp3) is 0.667. The van der Waals surface area contributed by atoms with Gasteiger partial charge in [-0.15, -0.1) is 0 Å². The Morgan fingerprint density at radius 3 is 2.53 bits per heavy atom. The maximum absolute atomic E-state index is 11.7. The quantitative estimate of drug-likeness (QED) is 0.432. The minimum Gasteiger partial charge on any atom is -0.465 e. The molecule has 1 N–H and O–H groups in total. The molecule has 1 unspecified atom stereocenters. The Hall–Kier alpha value is -0.800. The molecule has 0 radical (unpaired) electrons. The summed E-state index contributed by atoms with van der Waals surface area (Å²) >= 11 is 0. The highest BCUT2D eigenvalue weighted by Gasteiger charge is 2.24. The van der Waals surface area contributed by atoms with Crippen LogP contribution < -0.4 is 5.09 Å². The average Bonchev–Trinajstić information content (AvgIpc) is 2.00. The second kappa shape index (κ2) is 5.93. The van der Waals surface area contributed by atoms with Crippen LogP contribution in [0.1, 0.15) is 20.8 Å². The van der Waals surface area contributed by atoms with Crippen LogP contribution in [0.5, 0.6) is 0 Å². The van der Waals surface area contributed by atoms with Crippen LogP contribution in [0.4, 0.5) is 0 Å². The molecule has 0 heterocycles. The second-order valence-corrected chi connectivity index (χ2v) is 5.37. The molecular weight excluding hydrogens is 217 g/mol. The number of carbonyl (C=O) groups is 1. The molecule has 0 saturated heterocycles. The zero-order chi connectivity index (χ0) is 12.1. The molecule has 6 heteroatoms. The summed E-state index contributed by atoms with van der Waals surface area (Å²) in [6.45, 7) is 10.0. The van der Waals surface area contributed by atoms with Crippen molar-refractivity contribution in [3.05, 3.63) is 12.3 Å². The summed E-state index contributed by atoms with van der Waals surface area (Å²) < 4.78 is 21.5. The van der Waals surface area contributed by atoms with Crippen LogP contribution in [0.25, 0.3) is 0 Å². The molecule has 2 atom stereocenters. The summed E-state index contributed by atoms with van der Waals surface area (Å²) in [4.78, 5) is 11.2. The number of nitrogens with one attached hydrogen (secondary N) is 1. The van der Waals surface area contributed by atoms with Crippen LogP contribution in [0.3, 0.4) is 0 Å². The summed E-state index contributed by atoms with van der Waals surface area (Å²) in [5.41, 5.74) is 0. The lowest BCUT2D eigenvalue weighted by atomic mass is 10.4. The third-order valence-electron chi connectivity index (χ3n) is 1.40. The normalized spacial score (nSPS) is 16.3. The van der Waals surface area contributed by atoms with E-state index in [0.29, 0.717) is 12.4 Å². The smallest absolute Gasteiger partial charge is 0.323 e. The highest BCUT2D eigenvalue weighted by atomic mass is 31.2. The number of esters is 1. The van der Waals surface area contributed by atoms with Crippen LogP contribution in [0.15, 0.2) is 12.3 Å². The predicted octanol–water partition coefficient (Wildman–Crippen LogP) is 1.90. The van der Waals surface area contributed by atoms with Gasteiger partial charge in [-0.2, -0.15) is 0 Å². The Kier molecular flexibility index (Phi) is 5.61. The van der Waals surface area contributed by atoms with Gasteiger partial charge in [0.1, 0.15) is 6.04 Å². The molecule has 0 spiro atoms. The Morgan fingerprint density at radius 2 is 2.13 bits per heavy atom. The van der Waals surface area contributed by atoms with Crippen LogP contribution >= 0.6 is 7.52 Å². The summed E-state index contributed by atoms with van der Waals surface area (Å²) in [5, 5.41) is 2.57. The lowest BCUT2D eigenvalue weighted by Crippen LogP contribution is -2.33. The van der Waals surface area contributed by atoms with Crippen molar-refractivity contribution in [1.29, 1.82) is 0 Å². The number of rotatable bonds is 6. The molecule has 0 aliphatic heterocycles. The third kappa shape index (κ3) is 6.31. The van der Waals surface area contributed by atoms with E-state index >= 15 is 0 Å². The topological polar surface area (TPSA) is 64.6 Å². The standard InChI is InChI=1S/C9H18NO4P/c1-6-13-9(11)8(4)10-15(5,12)14-7(2)3/h8H,2,6H2,1,3-5H3,(H,10,12)/t8-,15?/m0/s1. The zero-order valence-corrected chi connectivity index (χ0v) is 10.5. The number of allylic oxidation sites excluding steroid dienone is 1. The van der Waals surface area contributed by atoms with Gasteiger partial charge in [-0.25, -0.2) is 5.09 Å². The van der Waals surface area contributed by atoms with Gasteiger partial charge < -0.3 is 9.26 Å². The molecule has 0 amide bonds. The first-order chi connectivity index (χ1) is 6.78. The number of hydrogen-bond donors (Lipinski definition) is 1. The van der Waals surface area contributed by atoms with E-state index in [1.807, 2.05) is 0 Å². The zero-order valence-electron chi connectivity index (χ0n) is 9.57. The van der Waals surface area contributed by atoms with Gasteiger partial charge in [0.25, 0.3) is 0 Å². The highest BCUT2D eigenvalue weighted by Crippen LogP contribution is 2.40. The third-order valence-corrected chi connectivity index (χ3v) is 2.91. The molecule has 0 fully saturated rings. The number of carbonyl (C=O) groups excluding carboxylic acids is 1. The van der Waals surface area contributed by atoms with E-state index < -0.39 is 19.5 Å². The Balaban J connectivity index is 4.26. The van der Waals surface area contributed by atoms with Crippen LogP contribution in [0, 0.1) is 0 Å². The van der Waals surface area contributed by atoms with Crippen molar-refractivity contribution >= 4 is 13.5 Å². The van der Waals surface area contributed by atoms with E-state index in [2.05, 4.69) is 11.7 Å². The minimum absolute atomic E-state index is 0.292.